The minimum Gasteiger partial charge on any atom is -0.356 e. The highest BCUT2D eigenvalue weighted by molar-refractivity contribution is 5.87. The van der Waals surface area contributed by atoms with Crippen molar-refractivity contribution in [3.63, 3.8) is 0 Å². The number of hydrogen-bond acceptors (Lipinski definition) is 2. The lowest BCUT2D eigenvalue weighted by Crippen LogP contribution is -2.54. The number of amides is 1. The van der Waals surface area contributed by atoms with Crippen LogP contribution in [0.3, 0.4) is 0 Å². The molecular weight excluding hydrogens is 164 g/mol. The molecule has 1 atom stereocenters. The van der Waals surface area contributed by atoms with Crippen molar-refractivity contribution in [1.29, 1.82) is 0 Å². The smallest absolute Gasteiger partial charge is 0.227 e. The normalized spacial score (nSPS) is 30.7. The summed E-state index contributed by atoms with van der Waals surface area (Å²) in [5, 5.41) is 6.46. The monoisotopic (exact) mass is 182 g/mol. The van der Waals surface area contributed by atoms with Gasteiger partial charge in [-0.25, -0.2) is 0 Å². The van der Waals surface area contributed by atoms with Gasteiger partial charge >= 0.3 is 0 Å². The van der Waals surface area contributed by atoms with E-state index in [1.54, 1.807) is 0 Å². The molecule has 2 N–H and O–H groups in total. The first-order chi connectivity index (χ1) is 6.15. The molecule has 1 spiro atoms. The fourth-order valence-corrected chi connectivity index (χ4v) is 2.30. The summed E-state index contributed by atoms with van der Waals surface area (Å²) in [5.74, 6) is 0.275. The number of nitrogens with one attached hydrogen (secondary N) is 2. The quantitative estimate of drug-likeness (QED) is 0.658. The molecule has 3 heteroatoms. The van der Waals surface area contributed by atoms with E-state index in [1.165, 1.54) is 0 Å². The molecule has 2 rings (SSSR count). The second kappa shape index (κ2) is 2.98. The molecular formula is C10H18N2O. The van der Waals surface area contributed by atoms with E-state index in [9.17, 15) is 4.79 Å². The molecule has 0 aromatic rings. The van der Waals surface area contributed by atoms with Crippen LogP contribution in [0.2, 0.25) is 0 Å². The maximum atomic E-state index is 11.6. The highest BCUT2D eigenvalue weighted by Gasteiger charge is 2.56. The van der Waals surface area contributed by atoms with Crippen molar-refractivity contribution in [2.75, 3.05) is 6.54 Å². The molecule has 1 amide bonds. The van der Waals surface area contributed by atoms with Gasteiger partial charge in [0.25, 0.3) is 0 Å². The van der Waals surface area contributed by atoms with Gasteiger partial charge in [-0.2, -0.15) is 0 Å². The molecule has 1 unspecified atom stereocenters. The van der Waals surface area contributed by atoms with Crippen molar-refractivity contribution < 1.29 is 4.79 Å². The molecule has 1 saturated carbocycles. The Balaban J connectivity index is 2.05. The second-order valence-electron chi connectivity index (χ2n) is 4.57. The highest BCUT2D eigenvalue weighted by atomic mass is 16.2. The lowest BCUT2D eigenvalue weighted by molar-refractivity contribution is -0.129. The van der Waals surface area contributed by atoms with Gasteiger partial charge in [0.2, 0.25) is 5.91 Å². The van der Waals surface area contributed by atoms with E-state index < -0.39 is 0 Å². The summed E-state index contributed by atoms with van der Waals surface area (Å²) in [6.45, 7) is 5.12. The van der Waals surface area contributed by atoms with Crippen LogP contribution in [-0.2, 0) is 4.79 Å². The van der Waals surface area contributed by atoms with Crippen molar-refractivity contribution in [3.05, 3.63) is 0 Å². The van der Waals surface area contributed by atoms with Gasteiger partial charge in [0.15, 0.2) is 0 Å². The Morgan fingerprint density at radius 3 is 2.77 bits per heavy atom. The van der Waals surface area contributed by atoms with Crippen molar-refractivity contribution in [3.8, 4) is 0 Å². The molecule has 0 bridgehead atoms. The summed E-state index contributed by atoms with van der Waals surface area (Å²) in [4.78, 5) is 11.6. The summed E-state index contributed by atoms with van der Waals surface area (Å²) < 4.78 is 0. The predicted molar refractivity (Wildman–Crippen MR) is 51.4 cm³/mol. The highest BCUT2D eigenvalue weighted by Crippen LogP contribution is 2.51. The van der Waals surface area contributed by atoms with Crippen LogP contribution in [0.25, 0.3) is 0 Å². The van der Waals surface area contributed by atoms with Crippen LogP contribution in [0.5, 0.6) is 0 Å². The Kier molecular flexibility index (Phi) is 2.06. The second-order valence-corrected chi connectivity index (χ2v) is 4.57. The molecule has 0 radical (unpaired) electrons. The van der Waals surface area contributed by atoms with E-state index in [1.807, 2.05) is 0 Å². The largest absolute Gasteiger partial charge is 0.356 e. The molecule has 1 aliphatic heterocycles. The Bertz CT molecular complexity index is 221. The van der Waals surface area contributed by atoms with E-state index in [-0.39, 0.29) is 11.3 Å². The van der Waals surface area contributed by atoms with E-state index in [0.29, 0.717) is 12.1 Å². The Labute approximate surface area is 79.3 Å². The summed E-state index contributed by atoms with van der Waals surface area (Å²) in [6, 6.07) is 0.898. The van der Waals surface area contributed by atoms with Gasteiger partial charge < -0.3 is 10.6 Å². The molecule has 1 heterocycles. The number of carbonyl (C=O) groups is 1. The molecule has 0 aromatic heterocycles. The zero-order valence-electron chi connectivity index (χ0n) is 8.39. The standard InChI is InChI=1S/C10H18N2O/c1-7(2)12-8-3-6-11-9(13)10(8)4-5-10/h7-8,12H,3-6H2,1-2H3,(H,11,13). The zero-order chi connectivity index (χ0) is 9.47. The molecule has 0 aromatic carbocycles. The average molecular weight is 182 g/mol. The fraction of sp³-hybridized carbons (Fsp3) is 0.900. The van der Waals surface area contributed by atoms with Gasteiger partial charge in [0.1, 0.15) is 0 Å². The van der Waals surface area contributed by atoms with Crippen molar-refractivity contribution in [2.45, 2.75) is 45.2 Å². The summed E-state index contributed by atoms with van der Waals surface area (Å²) in [5.41, 5.74) is -0.0253. The minimum atomic E-state index is -0.0253. The van der Waals surface area contributed by atoms with Crippen LogP contribution in [0.15, 0.2) is 0 Å². The van der Waals surface area contributed by atoms with Crippen LogP contribution < -0.4 is 10.6 Å². The number of rotatable bonds is 2. The van der Waals surface area contributed by atoms with Crippen LogP contribution in [-0.4, -0.2) is 24.5 Å². The summed E-state index contributed by atoms with van der Waals surface area (Å²) in [7, 11) is 0. The fourth-order valence-electron chi connectivity index (χ4n) is 2.30. The van der Waals surface area contributed by atoms with Gasteiger partial charge in [-0.05, 0) is 19.3 Å². The molecule has 1 aliphatic carbocycles. The number of piperidine rings is 1. The average Bonchev–Trinajstić information content (AvgIpc) is 2.80. The van der Waals surface area contributed by atoms with Gasteiger partial charge in [0.05, 0.1) is 5.41 Å². The third-order valence-electron chi connectivity index (χ3n) is 3.16. The first-order valence-electron chi connectivity index (χ1n) is 5.19. The van der Waals surface area contributed by atoms with Gasteiger partial charge in [-0.15, -0.1) is 0 Å². The topological polar surface area (TPSA) is 41.1 Å². The van der Waals surface area contributed by atoms with Crippen LogP contribution in [0.1, 0.15) is 33.1 Å². The molecule has 2 fully saturated rings. The van der Waals surface area contributed by atoms with Crippen molar-refractivity contribution in [2.24, 2.45) is 5.41 Å². The SMILES string of the molecule is CC(C)NC1CCNC(=O)C12CC2. The van der Waals surface area contributed by atoms with Crippen LogP contribution >= 0.6 is 0 Å². The lowest BCUT2D eigenvalue weighted by atomic mass is 9.89. The lowest BCUT2D eigenvalue weighted by Gasteiger charge is -2.33. The van der Waals surface area contributed by atoms with E-state index in [2.05, 4.69) is 24.5 Å². The molecule has 1 saturated heterocycles. The van der Waals surface area contributed by atoms with E-state index in [4.69, 9.17) is 0 Å². The Morgan fingerprint density at radius 2 is 2.23 bits per heavy atom. The van der Waals surface area contributed by atoms with Crippen LogP contribution in [0.4, 0.5) is 0 Å². The van der Waals surface area contributed by atoms with E-state index >= 15 is 0 Å². The van der Waals surface area contributed by atoms with Crippen molar-refractivity contribution in [1.82, 2.24) is 10.6 Å². The third-order valence-corrected chi connectivity index (χ3v) is 3.16. The van der Waals surface area contributed by atoms with Gasteiger partial charge in [-0.3, -0.25) is 4.79 Å². The molecule has 74 valence electrons. The first-order valence-corrected chi connectivity index (χ1v) is 5.19. The van der Waals surface area contributed by atoms with Crippen molar-refractivity contribution >= 4 is 5.91 Å². The molecule has 3 nitrogen and oxygen atoms in total. The Morgan fingerprint density at radius 1 is 1.54 bits per heavy atom. The minimum absolute atomic E-state index is 0.0253. The molecule has 2 aliphatic rings. The zero-order valence-corrected chi connectivity index (χ0v) is 8.39. The molecule has 13 heavy (non-hydrogen) atoms. The maximum Gasteiger partial charge on any atom is 0.227 e. The summed E-state index contributed by atoms with van der Waals surface area (Å²) >= 11 is 0. The van der Waals surface area contributed by atoms with Gasteiger partial charge in [-0.1, -0.05) is 13.8 Å². The third kappa shape index (κ3) is 1.46. The Hall–Kier alpha value is -0.570. The number of carbonyl (C=O) groups excluding carboxylic acids is 1. The summed E-state index contributed by atoms with van der Waals surface area (Å²) in [6.07, 6.45) is 3.23. The number of hydrogen-bond donors (Lipinski definition) is 2. The van der Waals surface area contributed by atoms with Crippen LogP contribution in [0, 0.1) is 5.41 Å². The first kappa shape index (κ1) is 9.00. The maximum absolute atomic E-state index is 11.6. The van der Waals surface area contributed by atoms with E-state index in [0.717, 1.165) is 25.8 Å². The van der Waals surface area contributed by atoms with Gasteiger partial charge in [0, 0.05) is 18.6 Å². The predicted octanol–water partition coefficient (Wildman–Crippen LogP) is 0.653.